The van der Waals surface area contributed by atoms with Gasteiger partial charge in [-0.15, -0.1) is 0 Å². The molecule has 1 unspecified atom stereocenters. The molecule has 1 aliphatic heterocycles. The smallest absolute Gasteiger partial charge is 0.274 e. The lowest BCUT2D eigenvalue weighted by molar-refractivity contribution is 0.102. The molecule has 0 saturated carbocycles. The summed E-state index contributed by atoms with van der Waals surface area (Å²) in [7, 11) is -3.01. The van der Waals surface area contributed by atoms with Gasteiger partial charge in [0.15, 0.2) is 9.84 Å². The largest absolute Gasteiger partial charge is 0.350 e. The van der Waals surface area contributed by atoms with Gasteiger partial charge in [-0.2, -0.15) is 0 Å². The summed E-state index contributed by atoms with van der Waals surface area (Å²) < 4.78 is 23.2. The van der Waals surface area contributed by atoms with E-state index in [1.807, 2.05) is 6.92 Å². The molecule has 1 aromatic heterocycles. The monoisotopic (exact) mass is 394 g/mol. The summed E-state index contributed by atoms with van der Waals surface area (Å²) in [6.45, 7) is 3.57. The number of aromatic nitrogens is 2. The van der Waals surface area contributed by atoms with E-state index in [4.69, 9.17) is 11.6 Å². The third kappa shape index (κ3) is 4.31. The highest BCUT2D eigenvalue weighted by atomic mass is 35.5. The van der Waals surface area contributed by atoms with Crippen molar-refractivity contribution in [3.05, 3.63) is 46.2 Å². The third-order valence-corrected chi connectivity index (χ3v) is 6.35. The zero-order valence-corrected chi connectivity index (χ0v) is 16.0. The van der Waals surface area contributed by atoms with Crippen molar-refractivity contribution < 1.29 is 13.2 Å². The molecule has 1 amide bonds. The molecule has 9 heteroatoms. The van der Waals surface area contributed by atoms with Crippen LogP contribution in [0.2, 0.25) is 5.02 Å². The SMILES string of the molecule is Cc1cc(C(=O)Nc2cccc(Cl)c2C)nc(NC2CCS(=O)(=O)C2)n1. The van der Waals surface area contributed by atoms with Gasteiger partial charge in [-0.1, -0.05) is 17.7 Å². The Labute approximate surface area is 157 Å². The Morgan fingerprint density at radius 3 is 2.73 bits per heavy atom. The number of nitrogens with one attached hydrogen (secondary N) is 2. The number of halogens is 1. The van der Waals surface area contributed by atoms with E-state index in [0.717, 1.165) is 5.56 Å². The molecule has 3 rings (SSSR count). The minimum absolute atomic E-state index is 0.0491. The fraction of sp³-hybridized carbons (Fsp3) is 0.353. The van der Waals surface area contributed by atoms with Crippen molar-refractivity contribution in [1.82, 2.24) is 9.97 Å². The molecule has 0 spiro atoms. The highest BCUT2D eigenvalue weighted by Crippen LogP contribution is 2.23. The number of amides is 1. The molecule has 26 heavy (non-hydrogen) atoms. The summed E-state index contributed by atoms with van der Waals surface area (Å²) in [5.74, 6) is 0.0637. The van der Waals surface area contributed by atoms with Gasteiger partial charge >= 0.3 is 0 Å². The van der Waals surface area contributed by atoms with E-state index in [1.165, 1.54) is 0 Å². The first-order chi connectivity index (χ1) is 12.2. The third-order valence-electron chi connectivity index (χ3n) is 4.17. The maximum Gasteiger partial charge on any atom is 0.274 e. The van der Waals surface area contributed by atoms with Crippen LogP contribution >= 0.6 is 11.6 Å². The first-order valence-corrected chi connectivity index (χ1v) is 10.3. The highest BCUT2D eigenvalue weighted by Gasteiger charge is 2.28. The van der Waals surface area contributed by atoms with Gasteiger partial charge in [-0.25, -0.2) is 18.4 Å². The van der Waals surface area contributed by atoms with Gasteiger partial charge in [0.1, 0.15) is 5.69 Å². The van der Waals surface area contributed by atoms with Gasteiger partial charge in [0, 0.05) is 22.4 Å². The Balaban J connectivity index is 1.78. The van der Waals surface area contributed by atoms with E-state index in [2.05, 4.69) is 20.6 Å². The summed E-state index contributed by atoms with van der Waals surface area (Å²) in [5, 5.41) is 6.37. The summed E-state index contributed by atoms with van der Waals surface area (Å²) in [5.41, 5.74) is 2.18. The lowest BCUT2D eigenvalue weighted by Gasteiger charge is -2.13. The Morgan fingerprint density at radius 1 is 1.27 bits per heavy atom. The summed E-state index contributed by atoms with van der Waals surface area (Å²) >= 11 is 6.08. The van der Waals surface area contributed by atoms with Gasteiger partial charge in [-0.05, 0) is 44.0 Å². The minimum Gasteiger partial charge on any atom is -0.350 e. The molecule has 1 aliphatic rings. The number of aryl methyl sites for hydroxylation is 1. The maximum atomic E-state index is 12.6. The zero-order chi connectivity index (χ0) is 18.9. The zero-order valence-electron chi connectivity index (χ0n) is 14.4. The van der Waals surface area contributed by atoms with Crippen molar-refractivity contribution >= 4 is 39.0 Å². The fourth-order valence-corrected chi connectivity index (χ4v) is 4.62. The minimum atomic E-state index is -3.01. The number of nitrogens with zero attached hydrogens (tertiary/aromatic N) is 2. The highest BCUT2D eigenvalue weighted by molar-refractivity contribution is 7.91. The number of benzene rings is 1. The van der Waals surface area contributed by atoms with Gasteiger partial charge in [0.25, 0.3) is 5.91 Å². The van der Waals surface area contributed by atoms with Crippen LogP contribution in [0.5, 0.6) is 0 Å². The molecule has 2 N–H and O–H groups in total. The lowest BCUT2D eigenvalue weighted by atomic mass is 10.2. The van der Waals surface area contributed by atoms with Gasteiger partial charge in [0.05, 0.1) is 11.5 Å². The van der Waals surface area contributed by atoms with Crippen LogP contribution in [0.15, 0.2) is 24.3 Å². The molecule has 1 atom stereocenters. The topological polar surface area (TPSA) is 101 Å². The number of sulfone groups is 1. The quantitative estimate of drug-likeness (QED) is 0.826. The fourth-order valence-electron chi connectivity index (χ4n) is 2.77. The molecule has 0 bridgehead atoms. The standard InChI is InChI=1S/C17H19ClN4O3S/c1-10-8-15(16(23)21-14-5-3-4-13(18)11(14)2)22-17(19-10)20-12-6-7-26(24,25)9-12/h3-5,8,12H,6-7,9H2,1-2H3,(H,21,23)(H,19,20,22). The molecule has 7 nitrogen and oxygen atoms in total. The van der Waals surface area contributed by atoms with Crippen molar-refractivity contribution in [2.75, 3.05) is 22.1 Å². The second-order valence-electron chi connectivity index (χ2n) is 6.33. The van der Waals surface area contributed by atoms with Crippen LogP contribution in [0.4, 0.5) is 11.6 Å². The number of hydrogen-bond donors (Lipinski definition) is 2. The second-order valence-corrected chi connectivity index (χ2v) is 8.96. The van der Waals surface area contributed by atoms with Crippen molar-refractivity contribution in [3.63, 3.8) is 0 Å². The van der Waals surface area contributed by atoms with Crippen molar-refractivity contribution in [2.24, 2.45) is 0 Å². The van der Waals surface area contributed by atoms with Gasteiger partial charge in [-0.3, -0.25) is 4.79 Å². The number of rotatable bonds is 4. The van der Waals surface area contributed by atoms with Crippen LogP contribution in [-0.2, 0) is 9.84 Å². The number of hydrogen-bond acceptors (Lipinski definition) is 6. The predicted octanol–water partition coefficient (Wildman–Crippen LogP) is 2.60. The van der Waals surface area contributed by atoms with E-state index < -0.39 is 9.84 Å². The van der Waals surface area contributed by atoms with Gasteiger partial charge < -0.3 is 10.6 Å². The van der Waals surface area contributed by atoms with Crippen molar-refractivity contribution in [3.8, 4) is 0 Å². The van der Waals surface area contributed by atoms with E-state index in [0.29, 0.717) is 22.8 Å². The first kappa shape index (κ1) is 18.6. The molecule has 0 radical (unpaired) electrons. The molecule has 1 fully saturated rings. The average Bonchev–Trinajstić information content (AvgIpc) is 2.90. The van der Waals surface area contributed by atoms with E-state index in [1.54, 1.807) is 31.2 Å². The summed E-state index contributed by atoms with van der Waals surface area (Å²) in [6.07, 6.45) is 0.503. The second kappa shape index (κ2) is 7.20. The van der Waals surface area contributed by atoms with Crippen LogP contribution in [-0.4, -0.2) is 41.8 Å². The van der Waals surface area contributed by atoms with E-state index in [-0.39, 0.29) is 35.1 Å². The molecule has 138 valence electrons. The molecule has 1 saturated heterocycles. The molecule has 2 heterocycles. The Kier molecular flexibility index (Phi) is 5.15. The molecular formula is C17H19ClN4O3S. The number of carbonyl (C=O) groups excluding carboxylic acids is 1. The lowest BCUT2D eigenvalue weighted by Crippen LogP contribution is -2.23. The van der Waals surface area contributed by atoms with Crippen molar-refractivity contribution in [2.45, 2.75) is 26.3 Å². The normalized spacial score (nSPS) is 18.5. The van der Waals surface area contributed by atoms with Gasteiger partial charge in [0.2, 0.25) is 5.95 Å². The van der Waals surface area contributed by atoms with E-state index >= 15 is 0 Å². The summed E-state index contributed by atoms with van der Waals surface area (Å²) in [4.78, 5) is 21.0. The molecular weight excluding hydrogens is 376 g/mol. The van der Waals surface area contributed by atoms with Crippen LogP contribution in [0.1, 0.15) is 28.2 Å². The molecule has 1 aromatic carbocycles. The van der Waals surface area contributed by atoms with Crippen LogP contribution in [0.3, 0.4) is 0 Å². The van der Waals surface area contributed by atoms with Crippen LogP contribution < -0.4 is 10.6 Å². The Morgan fingerprint density at radius 2 is 2.04 bits per heavy atom. The molecule has 2 aromatic rings. The van der Waals surface area contributed by atoms with Crippen LogP contribution in [0, 0.1) is 13.8 Å². The first-order valence-electron chi connectivity index (χ1n) is 8.12. The summed E-state index contributed by atoms with van der Waals surface area (Å²) in [6, 6.07) is 6.59. The predicted molar refractivity (Wildman–Crippen MR) is 102 cm³/mol. The Bertz CT molecular complexity index is 962. The number of anilines is 2. The van der Waals surface area contributed by atoms with Crippen LogP contribution in [0.25, 0.3) is 0 Å². The van der Waals surface area contributed by atoms with E-state index in [9.17, 15) is 13.2 Å². The molecule has 0 aliphatic carbocycles. The number of carbonyl (C=O) groups is 1. The van der Waals surface area contributed by atoms with Crippen molar-refractivity contribution in [1.29, 1.82) is 0 Å². The average molecular weight is 395 g/mol. The maximum absolute atomic E-state index is 12.6. The Hall–Kier alpha value is -2.19.